The number of halogens is 4. The molecule has 0 saturated heterocycles. The van der Waals surface area contributed by atoms with Gasteiger partial charge in [0.2, 0.25) is 11.6 Å². The van der Waals surface area contributed by atoms with Gasteiger partial charge in [0.05, 0.1) is 12.7 Å². The highest BCUT2D eigenvalue weighted by Crippen LogP contribution is 2.31. The van der Waals surface area contributed by atoms with E-state index in [4.69, 9.17) is 9.47 Å². The van der Waals surface area contributed by atoms with Crippen LogP contribution in [0.1, 0.15) is 30.6 Å². The van der Waals surface area contributed by atoms with Crippen LogP contribution in [0, 0.1) is 23.3 Å². The number of ether oxygens (including phenoxy) is 2. The molecular formula is C25H22F4O3. The van der Waals surface area contributed by atoms with E-state index < -0.39 is 29.4 Å². The number of aliphatic hydroxyl groups is 1. The SMILES string of the molecule is C=CCCOc1ccc(-c2ccc(COc3ccc(C(C)O)c(F)c3F)cc2)c(F)c1F. The molecule has 0 aliphatic rings. The van der Waals surface area contributed by atoms with Crippen LogP contribution in [0.2, 0.25) is 0 Å². The van der Waals surface area contributed by atoms with Gasteiger partial charge in [-0.15, -0.1) is 6.58 Å². The van der Waals surface area contributed by atoms with Gasteiger partial charge in [-0.2, -0.15) is 8.78 Å². The van der Waals surface area contributed by atoms with Crippen molar-refractivity contribution in [3.05, 3.63) is 95.6 Å². The van der Waals surface area contributed by atoms with Crippen molar-refractivity contribution >= 4 is 0 Å². The third-order valence-corrected chi connectivity index (χ3v) is 4.81. The van der Waals surface area contributed by atoms with Crippen LogP contribution in [0.3, 0.4) is 0 Å². The summed E-state index contributed by atoms with van der Waals surface area (Å²) in [5.74, 6) is -4.92. The minimum atomic E-state index is -1.19. The maximum atomic E-state index is 14.5. The summed E-state index contributed by atoms with van der Waals surface area (Å²) in [6.07, 6.45) is 0.973. The lowest BCUT2D eigenvalue weighted by molar-refractivity contribution is 0.191. The summed E-state index contributed by atoms with van der Waals surface area (Å²) in [5.41, 5.74) is 0.943. The maximum Gasteiger partial charge on any atom is 0.201 e. The Morgan fingerprint density at radius 2 is 1.47 bits per heavy atom. The fourth-order valence-electron chi connectivity index (χ4n) is 3.04. The first-order chi connectivity index (χ1) is 15.3. The molecule has 0 aliphatic heterocycles. The maximum absolute atomic E-state index is 14.5. The molecule has 168 valence electrons. The van der Waals surface area contributed by atoms with E-state index in [1.807, 2.05) is 0 Å². The van der Waals surface area contributed by atoms with Gasteiger partial charge in [0, 0.05) is 11.1 Å². The molecule has 0 radical (unpaired) electrons. The topological polar surface area (TPSA) is 38.7 Å². The molecule has 1 unspecified atom stereocenters. The number of hydrogen-bond donors (Lipinski definition) is 1. The minimum absolute atomic E-state index is 0.0628. The average Bonchev–Trinajstić information content (AvgIpc) is 2.78. The van der Waals surface area contributed by atoms with Crippen molar-refractivity contribution in [3.8, 4) is 22.6 Å². The van der Waals surface area contributed by atoms with Crippen molar-refractivity contribution in [1.29, 1.82) is 0 Å². The predicted octanol–water partition coefficient (Wildman–Crippen LogP) is 6.50. The van der Waals surface area contributed by atoms with E-state index in [0.717, 1.165) is 0 Å². The predicted molar refractivity (Wildman–Crippen MR) is 113 cm³/mol. The molecule has 0 saturated carbocycles. The molecule has 3 nitrogen and oxygen atoms in total. The van der Waals surface area contributed by atoms with Crippen molar-refractivity contribution in [2.45, 2.75) is 26.1 Å². The molecule has 32 heavy (non-hydrogen) atoms. The van der Waals surface area contributed by atoms with Crippen LogP contribution in [0.15, 0.2) is 61.2 Å². The van der Waals surface area contributed by atoms with Gasteiger partial charge in [-0.3, -0.25) is 0 Å². The third-order valence-electron chi connectivity index (χ3n) is 4.81. The van der Waals surface area contributed by atoms with E-state index >= 15 is 0 Å². The molecule has 7 heteroatoms. The van der Waals surface area contributed by atoms with Crippen molar-refractivity contribution in [3.63, 3.8) is 0 Å². The van der Waals surface area contributed by atoms with Crippen LogP contribution in [0.25, 0.3) is 11.1 Å². The second-order valence-electron chi connectivity index (χ2n) is 7.11. The minimum Gasteiger partial charge on any atom is -0.490 e. The molecule has 3 aromatic carbocycles. The number of rotatable bonds is 9. The molecule has 0 aliphatic carbocycles. The Labute approximate surface area is 183 Å². The smallest absolute Gasteiger partial charge is 0.201 e. The Hall–Kier alpha value is -3.32. The number of benzene rings is 3. The average molecular weight is 446 g/mol. The van der Waals surface area contributed by atoms with Crippen LogP contribution in [-0.2, 0) is 6.61 Å². The normalized spacial score (nSPS) is 11.8. The molecule has 0 fully saturated rings. The molecule has 1 atom stereocenters. The quantitative estimate of drug-likeness (QED) is 0.232. The van der Waals surface area contributed by atoms with Gasteiger partial charge in [-0.1, -0.05) is 30.3 Å². The van der Waals surface area contributed by atoms with E-state index in [1.54, 1.807) is 30.3 Å². The van der Waals surface area contributed by atoms with Gasteiger partial charge >= 0.3 is 0 Å². The van der Waals surface area contributed by atoms with Crippen LogP contribution >= 0.6 is 0 Å². The summed E-state index contributed by atoms with van der Waals surface area (Å²) >= 11 is 0. The highest BCUT2D eigenvalue weighted by atomic mass is 19.2. The van der Waals surface area contributed by atoms with Gasteiger partial charge in [0.15, 0.2) is 23.1 Å². The highest BCUT2D eigenvalue weighted by molar-refractivity contribution is 5.65. The molecule has 3 rings (SSSR count). The Kier molecular flexibility index (Phi) is 7.53. The molecule has 0 heterocycles. The molecule has 0 amide bonds. The lowest BCUT2D eigenvalue weighted by Crippen LogP contribution is -2.03. The van der Waals surface area contributed by atoms with E-state index in [-0.39, 0.29) is 35.8 Å². The van der Waals surface area contributed by atoms with E-state index in [1.165, 1.54) is 31.2 Å². The van der Waals surface area contributed by atoms with Crippen molar-refractivity contribution in [1.82, 2.24) is 0 Å². The Morgan fingerprint density at radius 3 is 2.12 bits per heavy atom. The Balaban J connectivity index is 1.71. The lowest BCUT2D eigenvalue weighted by atomic mass is 10.0. The largest absolute Gasteiger partial charge is 0.490 e. The van der Waals surface area contributed by atoms with E-state index in [0.29, 0.717) is 17.5 Å². The van der Waals surface area contributed by atoms with Crippen molar-refractivity contribution in [2.75, 3.05) is 6.61 Å². The van der Waals surface area contributed by atoms with Crippen LogP contribution in [-0.4, -0.2) is 11.7 Å². The summed E-state index contributed by atoms with van der Waals surface area (Å²) in [6, 6.07) is 11.6. The summed E-state index contributed by atoms with van der Waals surface area (Å²) < 4.78 is 67.4. The summed E-state index contributed by atoms with van der Waals surface area (Å²) in [5, 5.41) is 9.44. The third kappa shape index (κ3) is 5.11. The van der Waals surface area contributed by atoms with Gasteiger partial charge < -0.3 is 14.6 Å². The molecule has 3 aromatic rings. The first-order valence-corrected chi connectivity index (χ1v) is 9.93. The Bertz CT molecular complexity index is 1100. The summed E-state index contributed by atoms with van der Waals surface area (Å²) in [6.45, 7) is 4.99. The van der Waals surface area contributed by atoms with Crippen LogP contribution in [0.5, 0.6) is 11.5 Å². The highest BCUT2D eigenvalue weighted by Gasteiger charge is 2.18. The number of aliphatic hydroxyl groups excluding tert-OH is 1. The van der Waals surface area contributed by atoms with Gasteiger partial charge in [0.25, 0.3) is 0 Å². The summed E-state index contributed by atoms with van der Waals surface area (Å²) in [4.78, 5) is 0. The molecule has 0 aromatic heterocycles. The number of hydrogen-bond acceptors (Lipinski definition) is 3. The van der Waals surface area contributed by atoms with Crippen molar-refractivity contribution in [2.24, 2.45) is 0 Å². The van der Waals surface area contributed by atoms with Crippen LogP contribution < -0.4 is 9.47 Å². The Morgan fingerprint density at radius 1 is 0.844 bits per heavy atom. The molecule has 0 spiro atoms. The van der Waals surface area contributed by atoms with Gasteiger partial charge in [-0.05, 0) is 48.7 Å². The monoisotopic (exact) mass is 446 g/mol. The molecular weight excluding hydrogens is 424 g/mol. The zero-order valence-corrected chi connectivity index (χ0v) is 17.4. The lowest BCUT2D eigenvalue weighted by Gasteiger charge is -2.12. The van der Waals surface area contributed by atoms with E-state index in [2.05, 4.69) is 6.58 Å². The fraction of sp³-hybridized carbons (Fsp3) is 0.200. The first-order valence-electron chi connectivity index (χ1n) is 9.93. The zero-order chi connectivity index (χ0) is 23.3. The van der Waals surface area contributed by atoms with Gasteiger partial charge in [-0.25, -0.2) is 8.78 Å². The van der Waals surface area contributed by atoms with Crippen LogP contribution in [0.4, 0.5) is 17.6 Å². The summed E-state index contributed by atoms with van der Waals surface area (Å²) in [7, 11) is 0. The second kappa shape index (κ2) is 10.3. The second-order valence-corrected chi connectivity index (χ2v) is 7.11. The van der Waals surface area contributed by atoms with E-state index in [9.17, 15) is 22.7 Å². The van der Waals surface area contributed by atoms with Crippen molar-refractivity contribution < 1.29 is 32.1 Å². The van der Waals surface area contributed by atoms with Gasteiger partial charge in [0.1, 0.15) is 6.61 Å². The zero-order valence-electron chi connectivity index (χ0n) is 17.4. The molecule has 0 bridgehead atoms. The molecule has 1 N–H and O–H groups in total. The first kappa shape index (κ1) is 23.3. The standard InChI is InChI=1S/C25H22F4O3/c1-3-4-13-31-20-12-10-19(23(27)24(20)28)17-7-5-16(6-8-17)14-32-21-11-9-18(15(2)30)22(26)25(21)29/h3,5-12,15,30H,1,4,13-14H2,2H3. The fourth-order valence-corrected chi connectivity index (χ4v) is 3.04.